The normalized spacial score (nSPS) is 23.8. The number of piperidine rings is 1. The molecule has 1 aromatic rings. The second-order valence-electron chi connectivity index (χ2n) is 7.40. The van der Waals surface area contributed by atoms with Gasteiger partial charge in [0.25, 0.3) is 0 Å². The molecule has 2 saturated heterocycles. The van der Waals surface area contributed by atoms with Gasteiger partial charge in [0.05, 0.1) is 6.10 Å². The quantitative estimate of drug-likeness (QED) is 0.712. The smallest absolute Gasteiger partial charge is 0.0564 e. The number of nitrogens with zero attached hydrogens (tertiary/aromatic N) is 2. The molecule has 0 amide bonds. The van der Waals surface area contributed by atoms with Gasteiger partial charge >= 0.3 is 0 Å². The van der Waals surface area contributed by atoms with Gasteiger partial charge in [-0.3, -0.25) is 0 Å². The highest BCUT2D eigenvalue weighted by Gasteiger charge is 2.21. The zero-order valence-corrected chi connectivity index (χ0v) is 14.9. The van der Waals surface area contributed by atoms with Crippen LogP contribution in [0.3, 0.4) is 0 Å². The van der Waals surface area contributed by atoms with Crippen LogP contribution >= 0.6 is 0 Å². The van der Waals surface area contributed by atoms with Gasteiger partial charge in [0.1, 0.15) is 0 Å². The number of aliphatic hydroxyl groups is 1. The number of nitrogens with one attached hydrogen (secondary N) is 1. The summed E-state index contributed by atoms with van der Waals surface area (Å²) in [6.07, 6.45) is 5.51. The molecule has 1 atom stereocenters. The van der Waals surface area contributed by atoms with Crippen LogP contribution in [0.4, 0.5) is 0 Å². The highest BCUT2D eigenvalue weighted by Crippen LogP contribution is 2.12. The summed E-state index contributed by atoms with van der Waals surface area (Å²) in [5, 5.41) is 13.3. The molecule has 2 fully saturated rings. The first-order chi connectivity index (χ1) is 11.8. The maximum Gasteiger partial charge on any atom is 0.0564 e. The number of hydrogen-bond donors (Lipinski definition) is 2. The van der Waals surface area contributed by atoms with E-state index in [1.54, 1.807) is 0 Å². The van der Waals surface area contributed by atoms with Gasteiger partial charge in [-0.25, -0.2) is 0 Å². The molecule has 3 rings (SSSR count). The Kier molecular flexibility index (Phi) is 7.09. The van der Waals surface area contributed by atoms with Crippen LogP contribution in [-0.2, 0) is 6.42 Å². The Morgan fingerprint density at radius 2 is 1.71 bits per heavy atom. The largest absolute Gasteiger partial charge is 0.393 e. The van der Waals surface area contributed by atoms with Crippen LogP contribution in [0.15, 0.2) is 30.3 Å². The van der Waals surface area contributed by atoms with Crippen LogP contribution in [-0.4, -0.2) is 72.9 Å². The minimum Gasteiger partial charge on any atom is -0.393 e. The molecule has 1 unspecified atom stereocenters. The lowest BCUT2D eigenvalue weighted by Crippen LogP contribution is -2.38. The fourth-order valence-electron chi connectivity index (χ4n) is 3.89. The van der Waals surface area contributed by atoms with E-state index in [-0.39, 0.29) is 6.10 Å². The fraction of sp³-hybridized carbons (Fsp3) is 0.700. The number of benzene rings is 1. The Labute approximate surface area is 146 Å². The topological polar surface area (TPSA) is 38.7 Å². The van der Waals surface area contributed by atoms with Crippen LogP contribution in [0, 0.1) is 0 Å². The van der Waals surface area contributed by atoms with Crippen molar-refractivity contribution in [3.8, 4) is 0 Å². The third-order valence-electron chi connectivity index (χ3n) is 5.47. The van der Waals surface area contributed by atoms with Crippen molar-refractivity contribution in [1.82, 2.24) is 15.1 Å². The Bertz CT molecular complexity index is 459. The molecule has 1 aromatic carbocycles. The SMILES string of the molecule is OC1CCN(CCCNC2CCN(CCc3ccccc3)C2)CC1. The molecule has 134 valence electrons. The van der Waals surface area contributed by atoms with Crippen LogP contribution in [0.2, 0.25) is 0 Å². The second-order valence-corrected chi connectivity index (χ2v) is 7.40. The van der Waals surface area contributed by atoms with E-state index in [2.05, 4.69) is 45.4 Å². The Morgan fingerprint density at radius 3 is 2.50 bits per heavy atom. The number of hydrogen-bond acceptors (Lipinski definition) is 4. The summed E-state index contributed by atoms with van der Waals surface area (Å²) in [6, 6.07) is 11.5. The average Bonchev–Trinajstić information content (AvgIpc) is 3.07. The summed E-state index contributed by atoms with van der Waals surface area (Å²) in [7, 11) is 0. The summed E-state index contributed by atoms with van der Waals surface area (Å²) in [5.74, 6) is 0. The van der Waals surface area contributed by atoms with E-state index in [4.69, 9.17) is 0 Å². The molecule has 0 radical (unpaired) electrons. The molecule has 4 nitrogen and oxygen atoms in total. The number of likely N-dealkylation sites (tertiary alicyclic amines) is 2. The third kappa shape index (κ3) is 5.85. The molecule has 4 heteroatoms. The van der Waals surface area contributed by atoms with E-state index in [9.17, 15) is 5.11 Å². The molecular weight excluding hydrogens is 298 g/mol. The minimum absolute atomic E-state index is 0.0558. The molecular formula is C20H33N3O. The fourth-order valence-corrected chi connectivity index (χ4v) is 3.89. The molecule has 2 aliphatic heterocycles. The van der Waals surface area contributed by atoms with E-state index in [0.717, 1.165) is 38.9 Å². The van der Waals surface area contributed by atoms with Gasteiger partial charge in [-0.2, -0.15) is 0 Å². The summed E-state index contributed by atoms with van der Waals surface area (Å²) in [5.41, 5.74) is 1.44. The third-order valence-corrected chi connectivity index (χ3v) is 5.47. The van der Waals surface area contributed by atoms with Crippen molar-refractivity contribution in [3.63, 3.8) is 0 Å². The van der Waals surface area contributed by atoms with Crippen molar-refractivity contribution in [2.75, 3.05) is 45.8 Å². The molecule has 0 spiro atoms. The molecule has 0 aromatic heterocycles. The van der Waals surface area contributed by atoms with Gasteiger partial charge in [0.2, 0.25) is 0 Å². The van der Waals surface area contributed by atoms with Gasteiger partial charge in [-0.1, -0.05) is 30.3 Å². The van der Waals surface area contributed by atoms with E-state index >= 15 is 0 Å². The summed E-state index contributed by atoms with van der Waals surface area (Å²) in [4.78, 5) is 5.09. The molecule has 2 aliphatic rings. The lowest BCUT2D eigenvalue weighted by atomic mass is 10.1. The van der Waals surface area contributed by atoms with Crippen LogP contribution in [0.25, 0.3) is 0 Å². The maximum atomic E-state index is 9.54. The van der Waals surface area contributed by atoms with Crippen molar-refractivity contribution in [2.24, 2.45) is 0 Å². The lowest BCUT2D eigenvalue weighted by Gasteiger charge is -2.29. The van der Waals surface area contributed by atoms with Gasteiger partial charge in [-0.05, 0) is 57.3 Å². The predicted molar refractivity (Wildman–Crippen MR) is 99.3 cm³/mol. The van der Waals surface area contributed by atoms with E-state index in [0.29, 0.717) is 6.04 Å². The van der Waals surface area contributed by atoms with Crippen molar-refractivity contribution < 1.29 is 5.11 Å². The monoisotopic (exact) mass is 331 g/mol. The van der Waals surface area contributed by atoms with Crippen molar-refractivity contribution in [1.29, 1.82) is 0 Å². The molecule has 0 aliphatic carbocycles. The predicted octanol–water partition coefficient (Wildman–Crippen LogP) is 1.74. The van der Waals surface area contributed by atoms with E-state index in [1.807, 2.05) is 0 Å². The first-order valence-electron chi connectivity index (χ1n) is 9.70. The van der Waals surface area contributed by atoms with Gasteiger partial charge in [0, 0.05) is 32.2 Å². The van der Waals surface area contributed by atoms with Crippen LogP contribution in [0.5, 0.6) is 0 Å². The number of rotatable bonds is 8. The highest BCUT2D eigenvalue weighted by molar-refractivity contribution is 5.14. The van der Waals surface area contributed by atoms with Crippen molar-refractivity contribution >= 4 is 0 Å². The number of aliphatic hydroxyl groups excluding tert-OH is 1. The van der Waals surface area contributed by atoms with Crippen LogP contribution < -0.4 is 5.32 Å². The highest BCUT2D eigenvalue weighted by atomic mass is 16.3. The molecule has 24 heavy (non-hydrogen) atoms. The van der Waals surface area contributed by atoms with Gasteiger partial charge in [0.15, 0.2) is 0 Å². The minimum atomic E-state index is -0.0558. The zero-order chi connectivity index (χ0) is 16.6. The average molecular weight is 332 g/mol. The van der Waals surface area contributed by atoms with E-state index in [1.165, 1.54) is 44.6 Å². The first-order valence-corrected chi connectivity index (χ1v) is 9.70. The molecule has 2 heterocycles. The van der Waals surface area contributed by atoms with Gasteiger partial charge < -0.3 is 20.2 Å². The summed E-state index contributed by atoms with van der Waals surface area (Å²) < 4.78 is 0. The zero-order valence-electron chi connectivity index (χ0n) is 14.9. The first kappa shape index (κ1) is 17.9. The summed E-state index contributed by atoms with van der Waals surface area (Å²) in [6.45, 7) is 8.03. The van der Waals surface area contributed by atoms with Crippen molar-refractivity contribution in [3.05, 3.63) is 35.9 Å². The van der Waals surface area contributed by atoms with Crippen molar-refractivity contribution in [2.45, 2.75) is 44.2 Å². The summed E-state index contributed by atoms with van der Waals surface area (Å²) >= 11 is 0. The lowest BCUT2D eigenvalue weighted by molar-refractivity contribution is 0.0820. The molecule has 0 bridgehead atoms. The Balaban J connectivity index is 1.24. The second kappa shape index (κ2) is 9.52. The Morgan fingerprint density at radius 1 is 0.958 bits per heavy atom. The Hall–Kier alpha value is -0.940. The maximum absolute atomic E-state index is 9.54. The molecule has 2 N–H and O–H groups in total. The van der Waals surface area contributed by atoms with Crippen LogP contribution in [0.1, 0.15) is 31.2 Å². The van der Waals surface area contributed by atoms with Gasteiger partial charge in [-0.15, -0.1) is 0 Å². The molecule has 0 saturated carbocycles. The van der Waals surface area contributed by atoms with E-state index < -0.39 is 0 Å². The standard InChI is InChI=1S/C20H33N3O/c24-20-9-15-22(16-10-20)12-4-11-21-19-8-14-23(17-19)13-7-18-5-2-1-3-6-18/h1-3,5-6,19-21,24H,4,7-17H2.